The molecular weight excluding hydrogens is 405 g/mol. The number of rotatable bonds is 6. The Balaban J connectivity index is 0.00000264. The molecule has 1 fully saturated rings. The highest BCUT2D eigenvalue weighted by molar-refractivity contribution is 14.0. The van der Waals surface area contributed by atoms with Gasteiger partial charge in [-0.05, 0) is 19.1 Å². The highest BCUT2D eigenvalue weighted by Gasteiger charge is 2.11. The van der Waals surface area contributed by atoms with Crippen molar-refractivity contribution in [3.8, 4) is 0 Å². The minimum Gasteiger partial charge on any atom is -0.379 e. The van der Waals surface area contributed by atoms with Gasteiger partial charge in [0.1, 0.15) is 0 Å². The fourth-order valence-corrected chi connectivity index (χ4v) is 2.57. The quantitative estimate of drug-likeness (QED) is 0.417. The van der Waals surface area contributed by atoms with Crippen molar-refractivity contribution in [3.63, 3.8) is 0 Å². The van der Waals surface area contributed by atoms with E-state index in [0.29, 0.717) is 0 Å². The van der Waals surface area contributed by atoms with Crippen LogP contribution in [0.2, 0.25) is 0 Å². The molecule has 1 aromatic heterocycles. The average Bonchev–Trinajstić information content (AvgIpc) is 2.92. The Morgan fingerprint density at radius 2 is 2.13 bits per heavy atom. The first-order valence-corrected chi connectivity index (χ1v) is 8.10. The molecule has 7 heteroatoms. The highest BCUT2D eigenvalue weighted by Crippen LogP contribution is 2.04. The molecule has 0 radical (unpaired) electrons. The van der Waals surface area contributed by atoms with Gasteiger partial charge in [-0.3, -0.25) is 9.89 Å². The normalized spacial score (nSPS) is 16.0. The molecule has 0 aromatic carbocycles. The van der Waals surface area contributed by atoms with Crippen LogP contribution in [0.4, 0.5) is 0 Å². The van der Waals surface area contributed by atoms with Crippen molar-refractivity contribution in [3.05, 3.63) is 24.0 Å². The molecule has 0 unspecified atom stereocenters. The van der Waals surface area contributed by atoms with E-state index in [1.807, 2.05) is 0 Å². The molecule has 0 atom stereocenters. The smallest absolute Gasteiger partial charge is 0.194 e. The first kappa shape index (κ1) is 20.2. The van der Waals surface area contributed by atoms with Crippen LogP contribution in [-0.4, -0.2) is 73.3 Å². The van der Waals surface area contributed by atoms with Gasteiger partial charge in [-0.1, -0.05) is 0 Å². The van der Waals surface area contributed by atoms with Crippen molar-refractivity contribution in [2.24, 2.45) is 12.0 Å². The average molecular weight is 435 g/mol. The fraction of sp³-hybridized carbons (Fsp3) is 0.688. The summed E-state index contributed by atoms with van der Waals surface area (Å²) in [7, 11) is 4.16. The first-order valence-electron chi connectivity index (χ1n) is 8.10. The second-order valence-electron chi connectivity index (χ2n) is 5.66. The van der Waals surface area contributed by atoms with E-state index in [4.69, 9.17) is 9.73 Å². The topological polar surface area (TPSA) is 45.0 Å². The number of hydrogen-bond acceptors (Lipinski definition) is 3. The standard InChI is InChI=1S/C16H29N5O.HI/c1-4-17-16(18-7-9-21-10-12-22-13-11-21)20(3)14-15-6-5-8-19(15)2;/h5-6,8H,4,7,9-14H2,1-3H3,(H,17,18);1H. The van der Waals surface area contributed by atoms with Gasteiger partial charge in [0.15, 0.2) is 5.96 Å². The zero-order valence-corrected chi connectivity index (χ0v) is 16.8. The van der Waals surface area contributed by atoms with E-state index < -0.39 is 0 Å². The van der Waals surface area contributed by atoms with Crippen LogP contribution in [0, 0.1) is 0 Å². The summed E-state index contributed by atoms with van der Waals surface area (Å²) in [5.74, 6) is 0.969. The van der Waals surface area contributed by atoms with Crippen molar-refractivity contribution in [1.29, 1.82) is 0 Å². The minimum atomic E-state index is 0. The molecule has 2 heterocycles. The van der Waals surface area contributed by atoms with Crippen molar-refractivity contribution in [2.75, 3.05) is 53.0 Å². The highest BCUT2D eigenvalue weighted by atomic mass is 127. The zero-order valence-electron chi connectivity index (χ0n) is 14.5. The molecule has 1 aliphatic heterocycles. The summed E-state index contributed by atoms with van der Waals surface area (Å²) in [4.78, 5) is 9.35. The van der Waals surface area contributed by atoms with Crippen LogP contribution in [0.5, 0.6) is 0 Å². The van der Waals surface area contributed by atoms with Crippen molar-refractivity contribution >= 4 is 29.9 Å². The third kappa shape index (κ3) is 6.68. The second-order valence-corrected chi connectivity index (χ2v) is 5.66. The van der Waals surface area contributed by atoms with Crippen LogP contribution in [0.25, 0.3) is 0 Å². The predicted octanol–water partition coefficient (Wildman–Crippen LogP) is 1.37. The number of ether oxygens (including phenoxy) is 1. The number of nitrogens with zero attached hydrogens (tertiary/aromatic N) is 4. The Morgan fingerprint density at radius 3 is 2.74 bits per heavy atom. The number of morpholine rings is 1. The lowest BCUT2D eigenvalue weighted by Gasteiger charge is -2.26. The maximum absolute atomic E-state index is 5.37. The molecule has 0 aliphatic carbocycles. The van der Waals surface area contributed by atoms with E-state index in [2.05, 4.69) is 59.0 Å². The van der Waals surface area contributed by atoms with Crippen LogP contribution in [0.3, 0.4) is 0 Å². The van der Waals surface area contributed by atoms with Crippen molar-refractivity contribution < 1.29 is 4.74 Å². The summed E-state index contributed by atoms with van der Waals surface area (Å²) in [6, 6.07) is 4.22. The predicted molar refractivity (Wildman–Crippen MR) is 106 cm³/mol. The molecule has 1 N–H and O–H groups in total. The molecule has 23 heavy (non-hydrogen) atoms. The van der Waals surface area contributed by atoms with Crippen molar-refractivity contribution in [2.45, 2.75) is 13.5 Å². The maximum atomic E-state index is 5.37. The van der Waals surface area contributed by atoms with Gasteiger partial charge in [-0.25, -0.2) is 0 Å². The second kappa shape index (κ2) is 10.9. The van der Waals surface area contributed by atoms with E-state index in [1.54, 1.807) is 0 Å². The Labute approximate surface area is 156 Å². The van der Waals surface area contributed by atoms with Gasteiger partial charge >= 0.3 is 0 Å². The van der Waals surface area contributed by atoms with E-state index in [-0.39, 0.29) is 24.0 Å². The fourth-order valence-electron chi connectivity index (χ4n) is 2.57. The molecule has 132 valence electrons. The van der Waals surface area contributed by atoms with Gasteiger partial charge in [-0.2, -0.15) is 0 Å². The molecule has 1 aliphatic rings. The lowest BCUT2D eigenvalue weighted by molar-refractivity contribution is 0.0394. The number of aryl methyl sites for hydroxylation is 1. The minimum absolute atomic E-state index is 0. The monoisotopic (exact) mass is 435 g/mol. The summed E-state index contributed by atoms with van der Waals surface area (Å²) in [6.45, 7) is 9.38. The lowest BCUT2D eigenvalue weighted by atomic mass is 10.4. The number of guanidine groups is 1. The first-order chi connectivity index (χ1) is 10.7. The summed E-state index contributed by atoms with van der Waals surface area (Å²) in [5.41, 5.74) is 1.28. The molecule has 0 bridgehead atoms. The van der Waals surface area contributed by atoms with Gasteiger partial charge in [0.25, 0.3) is 0 Å². The van der Waals surface area contributed by atoms with Gasteiger partial charge in [0.2, 0.25) is 0 Å². The van der Waals surface area contributed by atoms with E-state index in [1.165, 1.54) is 5.69 Å². The molecule has 6 nitrogen and oxygen atoms in total. The number of halogens is 1. The Kier molecular flexibility index (Phi) is 9.57. The van der Waals surface area contributed by atoms with E-state index >= 15 is 0 Å². The summed E-state index contributed by atoms with van der Waals surface area (Å²) in [5, 5.41) is 3.38. The van der Waals surface area contributed by atoms with Crippen LogP contribution in [-0.2, 0) is 18.3 Å². The molecule has 1 aromatic rings. The third-order valence-corrected chi connectivity index (χ3v) is 3.93. The number of hydrogen-bond donors (Lipinski definition) is 1. The largest absolute Gasteiger partial charge is 0.379 e. The SMILES string of the molecule is CCNC(=NCCN1CCOCC1)N(C)Cc1cccn1C.I. The summed E-state index contributed by atoms with van der Waals surface area (Å²) in [6.07, 6.45) is 2.08. The van der Waals surface area contributed by atoms with Crippen LogP contribution in [0.1, 0.15) is 12.6 Å². The summed E-state index contributed by atoms with van der Waals surface area (Å²) < 4.78 is 7.52. The Morgan fingerprint density at radius 1 is 1.39 bits per heavy atom. The summed E-state index contributed by atoms with van der Waals surface area (Å²) >= 11 is 0. The number of nitrogens with one attached hydrogen (secondary N) is 1. The lowest BCUT2D eigenvalue weighted by Crippen LogP contribution is -2.40. The van der Waals surface area contributed by atoms with Crippen LogP contribution >= 0.6 is 24.0 Å². The van der Waals surface area contributed by atoms with Crippen LogP contribution in [0.15, 0.2) is 23.3 Å². The molecule has 0 amide bonds. The van der Waals surface area contributed by atoms with Gasteiger partial charge < -0.3 is 19.5 Å². The maximum Gasteiger partial charge on any atom is 0.194 e. The third-order valence-electron chi connectivity index (χ3n) is 3.93. The zero-order chi connectivity index (χ0) is 15.8. The molecule has 0 saturated carbocycles. The van der Waals surface area contributed by atoms with E-state index in [9.17, 15) is 0 Å². The molecule has 0 spiro atoms. The number of aromatic nitrogens is 1. The molecule has 2 rings (SSSR count). The molecular formula is C16H30IN5O. The molecule has 1 saturated heterocycles. The number of aliphatic imine (C=N–C) groups is 1. The van der Waals surface area contributed by atoms with Gasteiger partial charge in [0.05, 0.1) is 26.3 Å². The van der Waals surface area contributed by atoms with Gasteiger partial charge in [0, 0.05) is 52.2 Å². The Hall–Kier alpha value is -0.800. The van der Waals surface area contributed by atoms with Crippen molar-refractivity contribution in [1.82, 2.24) is 19.7 Å². The van der Waals surface area contributed by atoms with E-state index in [0.717, 1.165) is 58.4 Å². The Bertz CT molecular complexity index is 471. The van der Waals surface area contributed by atoms with Crippen LogP contribution < -0.4 is 5.32 Å². The van der Waals surface area contributed by atoms with Gasteiger partial charge in [-0.15, -0.1) is 24.0 Å².